The molecule has 2 aromatic heterocycles. The van der Waals surface area contributed by atoms with E-state index >= 15 is 0 Å². The molecule has 0 saturated heterocycles. The minimum Gasteiger partial charge on any atom is -0.454 e. The second-order valence-corrected chi connectivity index (χ2v) is 13.5. The van der Waals surface area contributed by atoms with Gasteiger partial charge in [0.25, 0.3) is 0 Å². The van der Waals surface area contributed by atoms with Gasteiger partial charge in [0, 0.05) is 47.4 Å². The van der Waals surface area contributed by atoms with Gasteiger partial charge in [-0.3, -0.25) is 0 Å². The maximum atomic E-state index is 6.71. The van der Waals surface area contributed by atoms with Gasteiger partial charge in [0.15, 0.2) is 5.58 Å². The molecule has 0 fully saturated rings. The van der Waals surface area contributed by atoms with Crippen LogP contribution in [0.3, 0.4) is 0 Å². The number of hydrogen-bond donors (Lipinski definition) is 0. The Morgan fingerprint density at radius 3 is 1.92 bits per heavy atom. The first-order chi connectivity index (χ1) is 24.3. The average Bonchev–Trinajstić information content (AvgIpc) is 3.75. The van der Waals surface area contributed by atoms with Crippen molar-refractivity contribution in [3.05, 3.63) is 176 Å². The summed E-state index contributed by atoms with van der Waals surface area (Å²) in [6.07, 6.45) is 0. The zero-order valence-corrected chi connectivity index (χ0v) is 27.3. The lowest BCUT2D eigenvalue weighted by atomic mass is 9.97. The number of benzene rings is 8. The van der Waals surface area contributed by atoms with E-state index in [1.807, 2.05) is 17.4 Å². The fourth-order valence-corrected chi connectivity index (χ4v) is 8.69. The topological polar surface area (TPSA) is 16.4 Å². The van der Waals surface area contributed by atoms with Crippen molar-refractivity contribution in [3.63, 3.8) is 0 Å². The smallest absolute Gasteiger partial charge is 0.159 e. The van der Waals surface area contributed by atoms with Crippen LogP contribution in [-0.2, 0) is 0 Å². The Balaban J connectivity index is 1.33. The number of anilines is 3. The molecular weight excluding hydrogens is 615 g/mol. The first kappa shape index (κ1) is 27.9. The Bertz CT molecular complexity index is 2830. The molecule has 0 atom stereocenters. The summed E-state index contributed by atoms with van der Waals surface area (Å²) in [5.74, 6) is 0. The van der Waals surface area contributed by atoms with E-state index < -0.39 is 0 Å². The summed E-state index contributed by atoms with van der Waals surface area (Å²) in [5.41, 5.74) is 9.78. The van der Waals surface area contributed by atoms with E-state index in [4.69, 9.17) is 4.42 Å². The van der Waals surface area contributed by atoms with Gasteiger partial charge in [0.05, 0.1) is 11.4 Å². The van der Waals surface area contributed by atoms with Gasteiger partial charge >= 0.3 is 0 Å². The van der Waals surface area contributed by atoms with E-state index in [9.17, 15) is 0 Å². The summed E-state index contributed by atoms with van der Waals surface area (Å²) in [5, 5.41) is 7.22. The number of furan rings is 1. The summed E-state index contributed by atoms with van der Waals surface area (Å²) < 4.78 is 9.31. The van der Waals surface area contributed by atoms with E-state index in [0.717, 1.165) is 44.6 Å². The number of para-hydroxylation sites is 2. The van der Waals surface area contributed by atoms with Gasteiger partial charge in [-0.25, -0.2) is 0 Å². The van der Waals surface area contributed by atoms with Gasteiger partial charge in [-0.1, -0.05) is 140 Å². The van der Waals surface area contributed by atoms with Crippen molar-refractivity contribution in [2.75, 3.05) is 4.90 Å². The van der Waals surface area contributed by atoms with Crippen LogP contribution in [0, 0.1) is 0 Å². The first-order valence-electron chi connectivity index (χ1n) is 16.6. The molecule has 2 heterocycles. The van der Waals surface area contributed by atoms with Crippen LogP contribution >= 0.6 is 11.3 Å². The number of nitrogens with zero attached hydrogens (tertiary/aromatic N) is 1. The van der Waals surface area contributed by atoms with E-state index in [2.05, 4.69) is 175 Å². The lowest BCUT2D eigenvalue weighted by molar-refractivity contribution is 0.669. The van der Waals surface area contributed by atoms with Gasteiger partial charge in [-0.15, -0.1) is 11.3 Å². The van der Waals surface area contributed by atoms with Crippen molar-refractivity contribution in [2.45, 2.75) is 0 Å². The van der Waals surface area contributed by atoms with E-state index in [1.54, 1.807) is 0 Å². The Morgan fingerprint density at radius 2 is 1.08 bits per heavy atom. The maximum absolute atomic E-state index is 6.71. The second-order valence-electron chi connectivity index (χ2n) is 12.5. The Morgan fingerprint density at radius 1 is 0.429 bits per heavy atom. The summed E-state index contributed by atoms with van der Waals surface area (Å²) in [6, 6.07) is 63.1. The number of thiophene rings is 1. The lowest BCUT2D eigenvalue weighted by Crippen LogP contribution is -2.11. The summed E-state index contributed by atoms with van der Waals surface area (Å²) >= 11 is 1.88. The van der Waals surface area contributed by atoms with Crippen molar-refractivity contribution < 1.29 is 4.42 Å². The quantitative estimate of drug-likeness (QED) is 0.186. The van der Waals surface area contributed by atoms with E-state index in [1.165, 1.54) is 47.6 Å². The van der Waals surface area contributed by atoms with Crippen LogP contribution < -0.4 is 4.90 Å². The van der Waals surface area contributed by atoms with Gasteiger partial charge in [0.1, 0.15) is 5.58 Å². The van der Waals surface area contributed by atoms with Crippen LogP contribution in [0.2, 0.25) is 0 Å². The monoisotopic (exact) mass is 643 g/mol. The third-order valence-corrected chi connectivity index (χ3v) is 10.8. The molecule has 0 amide bonds. The summed E-state index contributed by atoms with van der Waals surface area (Å²) in [4.78, 5) is 2.41. The van der Waals surface area contributed by atoms with Crippen molar-refractivity contribution in [3.8, 4) is 22.3 Å². The predicted molar refractivity (Wildman–Crippen MR) is 210 cm³/mol. The molecule has 0 aliphatic carbocycles. The number of rotatable bonds is 5. The molecule has 10 rings (SSSR count). The van der Waals surface area contributed by atoms with E-state index in [-0.39, 0.29) is 0 Å². The SMILES string of the molecule is c1ccc(-c2cccc(N(c3cc4c(sc5cccc(-c6ccccc6)c54)c4ccccc34)c3cccc4c3oc3ccccc34)c2)cc1. The molecule has 0 aliphatic heterocycles. The van der Waals surface area contributed by atoms with Crippen LogP contribution in [0.1, 0.15) is 0 Å². The van der Waals surface area contributed by atoms with Crippen molar-refractivity contribution in [2.24, 2.45) is 0 Å². The molecule has 0 radical (unpaired) electrons. The summed E-state index contributed by atoms with van der Waals surface area (Å²) in [6.45, 7) is 0. The van der Waals surface area contributed by atoms with Gasteiger partial charge < -0.3 is 9.32 Å². The molecule has 0 unspecified atom stereocenters. The third-order valence-electron chi connectivity index (χ3n) is 9.64. The van der Waals surface area contributed by atoms with Crippen LogP contribution in [0.5, 0.6) is 0 Å². The van der Waals surface area contributed by atoms with Gasteiger partial charge in [0.2, 0.25) is 0 Å². The molecule has 0 saturated carbocycles. The van der Waals surface area contributed by atoms with Crippen molar-refractivity contribution >= 4 is 81.3 Å². The molecule has 230 valence electrons. The second kappa shape index (κ2) is 11.2. The number of hydrogen-bond acceptors (Lipinski definition) is 3. The van der Waals surface area contributed by atoms with Crippen LogP contribution in [0.4, 0.5) is 17.1 Å². The Hall–Kier alpha value is -6.16. The fraction of sp³-hybridized carbons (Fsp3) is 0. The largest absolute Gasteiger partial charge is 0.454 e. The lowest BCUT2D eigenvalue weighted by Gasteiger charge is -2.28. The molecule has 0 N–H and O–H groups in total. The minimum absolute atomic E-state index is 0.873. The highest BCUT2D eigenvalue weighted by atomic mass is 32.1. The van der Waals surface area contributed by atoms with Gasteiger partial charge in [-0.2, -0.15) is 0 Å². The zero-order valence-electron chi connectivity index (χ0n) is 26.5. The minimum atomic E-state index is 0.873. The highest BCUT2D eigenvalue weighted by Crippen LogP contribution is 2.50. The molecular formula is C46H29NOS. The zero-order chi connectivity index (χ0) is 32.3. The molecule has 0 spiro atoms. The van der Waals surface area contributed by atoms with Crippen LogP contribution in [-0.4, -0.2) is 0 Å². The molecule has 0 bridgehead atoms. The Kier molecular flexibility index (Phi) is 6.39. The fourth-order valence-electron chi connectivity index (χ4n) is 7.44. The number of fused-ring (bicyclic) bond motifs is 8. The molecule has 10 aromatic rings. The van der Waals surface area contributed by atoms with Gasteiger partial charge in [-0.05, 0) is 58.7 Å². The normalized spacial score (nSPS) is 11.7. The first-order valence-corrected chi connectivity index (χ1v) is 17.4. The van der Waals surface area contributed by atoms with Crippen molar-refractivity contribution in [1.82, 2.24) is 0 Å². The third kappa shape index (κ3) is 4.47. The maximum Gasteiger partial charge on any atom is 0.159 e. The molecule has 3 heteroatoms. The van der Waals surface area contributed by atoms with Crippen LogP contribution in [0.15, 0.2) is 180 Å². The Labute approximate surface area is 287 Å². The van der Waals surface area contributed by atoms with Crippen molar-refractivity contribution in [1.29, 1.82) is 0 Å². The predicted octanol–water partition coefficient (Wildman–Crippen LogP) is 13.9. The highest BCUT2D eigenvalue weighted by Gasteiger charge is 2.24. The summed E-state index contributed by atoms with van der Waals surface area (Å²) in [7, 11) is 0. The average molecular weight is 644 g/mol. The molecule has 0 aliphatic rings. The molecule has 8 aromatic carbocycles. The molecule has 49 heavy (non-hydrogen) atoms. The standard InChI is InChI=1S/C46H29NOS/c1-3-14-30(15-4-1)32-18-11-19-33(28-32)47(40-25-12-24-37-36-21-9-10-26-42(36)48-45(37)40)41-29-39-44-34(31-16-5-2-6-17-31)23-13-27-43(44)49-46(39)38-22-8-7-20-35(38)41/h1-29H. The molecule has 2 nitrogen and oxygen atoms in total. The highest BCUT2D eigenvalue weighted by molar-refractivity contribution is 7.26. The van der Waals surface area contributed by atoms with E-state index in [0.29, 0.717) is 0 Å². The van der Waals surface area contributed by atoms with Crippen LogP contribution in [0.25, 0.3) is 75.1 Å².